The number of piperazine rings is 1. The second kappa shape index (κ2) is 12.9. The molecule has 1 aliphatic rings. The molecule has 0 unspecified atom stereocenters. The highest BCUT2D eigenvalue weighted by Gasteiger charge is 2.26. The minimum atomic E-state index is -0.797. The summed E-state index contributed by atoms with van der Waals surface area (Å²) in [5.74, 6) is -0.113. The maximum atomic E-state index is 13.3. The van der Waals surface area contributed by atoms with Crippen molar-refractivity contribution in [2.45, 2.75) is 44.9 Å². The molecule has 7 heteroatoms. The molecule has 1 saturated heterocycles. The number of hydrogen-bond acceptors (Lipinski definition) is 5. The van der Waals surface area contributed by atoms with Crippen molar-refractivity contribution in [1.29, 1.82) is 0 Å². The Morgan fingerprint density at radius 2 is 1.46 bits per heavy atom. The molecule has 1 heterocycles. The van der Waals surface area contributed by atoms with Crippen molar-refractivity contribution >= 4 is 17.5 Å². The zero-order valence-electron chi connectivity index (χ0n) is 23.1. The van der Waals surface area contributed by atoms with Gasteiger partial charge in [-0.05, 0) is 55.7 Å². The van der Waals surface area contributed by atoms with Crippen molar-refractivity contribution in [3.8, 4) is 0 Å². The van der Waals surface area contributed by atoms with E-state index in [1.807, 2.05) is 77.7 Å². The molecule has 0 radical (unpaired) electrons. The van der Waals surface area contributed by atoms with E-state index in [1.54, 1.807) is 6.92 Å². The predicted molar refractivity (Wildman–Crippen MR) is 156 cm³/mol. The number of aliphatic hydroxyl groups is 1. The maximum Gasteiger partial charge on any atom is 0.251 e. The summed E-state index contributed by atoms with van der Waals surface area (Å²) in [6.45, 7) is 9.03. The zero-order valence-corrected chi connectivity index (χ0v) is 23.1. The van der Waals surface area contributed by atoms with Crippen LogP contribution in [0.15, 0.2) is 84.9 Å². The van der Waals surface area contributed by atoms with Gasteiger partial charge in [-0.1, -0.05) is 60.7 Å². The van der Waals surface area contributed by atoms with Gasteiger partial charge in [0, 0.05) is 56.4 Å². The number of nitrogens with zero attached hydrogens (tertiary/aromatic N) is 2. The Labute approximate surface area is 231 Å². The molecule has 1 aliphatic heterocycles. The fourth-order valence-corrected chi connectivity index (χ4v) is 4.97. The molecule has 3 aromatic rings. The highest BCUT2D eigenvalue weighted by atomic mass is 16.3. The summed E-state index contributed by atoms with van der Waals surface area (Å²) in [7, 11) is 0. The second-order valence-electron chi connectivity index (χ2n) is 10.7. The Balaban J connectivity index is 1.41. The first-order valence-corrected chi connectivity index (χ1v) is 13.7. The predicted octanol–water partition coefficient (Wildman–Crippen LogP) is 3.58. The number of hydrogen-bond donors (Lipinski definition) is 3. The van der Waals surface area contributed by atoms with Crippen LogP contribution in [0.1, 0.15) is 42.3 Å². The van der Waals surface area contributed by atoms with Gasteiger partial charge in [0.1, 0.15) is 0 Å². The molecule has 206 valence electrons. The lowest BCUT2D eigenvalue weighted by atomic mass is 9.93. The van der Waals surface area contributed by atoms with E-state index in [2.05, 4.69) is 41.5 Å². The van der Waals surface area contributed by atoms with Gasteiger partial charge in [0.25, 0.3) is 5.91 Å². The average molecular weight is 529 g/mol. The van der Waals surface area contributed by atoms with E-state index in [9.17, 15) is 14.7 Å². The van der Waals surface area contributed by atoms with E-state index in [4.69, 9.17) is 0 Å². The number of amides is 2. The lowest BCUT2D eigenvalue weighted by molar-refractivity contribution is -0.129. The van der Waals surface area contributed by atoms with E-state index < -0.39 is 12.1 Å². The first kappa shape index (κ1) is 28.3. The molecule has 0 aliphatic carbocycles. The third-order valence-corrected chi connectivity index (χ3v) is 7.55. The first-order valence-electron chi connectivity index (χ1n) is 13.7. The number of aliphatic hydroxyl groups excluding tert-OH is 1. The quantitative estimate of drug-likeness (QED) is 0.375. The maximum absolute atomic E-state index is 13.3. The zero-order chi connectivity index (χ0) is 27.8. The van der Waals surface area contributed by atoms with Gasteiger partial charge in [-0.15, -0.1) is 0 Å². The molecule has 2 atom stereocenters. The van der Waals surface area contributed by atoms with E-state index in [-0.39, 0.29) is 17.4 Å². The Morgan fingerprint density at radius 3 is 2.05 bits per heavy atom. The van der Waals surface area contributed by atoms with E-state index in [1.165, 1.54) is 0 Å². The Bertz CT molecular complexity index is 1210. The molecule has 0 aromatic heterocycles. The number of rotatable bonds is 10. The van der Waals surface area contributed by atoms with Gasteiger partial charge in [0.15, 0.2) is 0 Å². The normalized spacial score (nSPS) is 15.5. The van der Waals surface area contributed by atoms with Crippen LogP contribution in [0.2, 0.25) is 0 Å². The number of anilines is 1. The summed E-state index contributed by atoms with van der Waals surface area (Å²) in [6, 6.07) is 27.1. The molecule has 3 N–H and O–H groups in total. The Kier molecular flexibility index (Phi) is 9.38. The van der Waals surface area contributed by atoms with Gasteiger partial charge in [0.05, 0.1) is 12.1 Å². The smallest absolute Gasteiger partial charge is 0.251 e. The SMILES string of the molecule is CC(=O)N1CCN(c2ccc(C(=O)N[C@@H](Cc3ccccc3)[C@H](O)CNC(C)(C)c3ccccc3)cc2)CC1. The molecule has 39 heavy (non-hydrogen) atoms. The number of benzene rings is 3. The van der Waals surface area contributed by atoms with Crippen LogP contribution in [0.4, 0.5) is 5.69 Å². The molecule has 2 amide bonds. The minimum absolute atomic E-state index is 0.104. The van der Waals surface area contributed by atoms with Gasteiger partial charge in [-0.2, -0.15) is 0 Å². The fraction of sp³-hybridized carbons (Fsp3) is 0.375. The summed E-state index contributed by atoms with van der Waals surface area (Å²) in [5, 5.41) is 17.8. The second-order valence-corrected chi connectivity index (χ2v) is 10.7. The fourth-order valence-electron chi connectivity index (χ4n) is 4.97. The van der Waals surface area contributed by atoms with Crippen molar-refractivity contribution < 1.29 is 14.7 Å². The summed E-state index contributed by atoms with van der Waals surface area (Å²) >= 11 is 0. The highest BCUT2D eigenvalue weighted by Crippen LogP contribution is 2.20. The lowest BCUT2D eigenvalue weighted by Gasteiger charge is -2.35. The van der Waals surface area contributed by atoms with E-state index >= 15 is 0 Å². The van der Waals surface area contributed by atoms with Crippen LogP contribution in [0, 0.1) is 0 Å². The topological polar surface area (TPSA) is 84.9 Å². The monoisotopic (exact) mass is 528 g/mol. The third-order valence-electron chi connectivity index (χ3n) is 7.55. The summed E-state index contributed by atoms with van der Waals surface area (Å²) in [4.78, 5) is 29.0. The lowest BCUT2D eigenvalue weighted by Crippen LogP contribution is -2.51. The number of carbonyl (C=O) groups is 2. The molecule has 0 saturated carbocycles. The van der Waals surface area contributed by atoms with E-state index in [0.717, 1.165) is 29.9 Å². The van der Waals surface area contributed by atoms with Crippen molar-refractivity contribution in [3.63, 3.8) is 0 Å². The summed E-state index contributed by atoms with van der Waals surface area (Å²) in [6.07, 6.45) is -0.284. The number of nitrogens with one attached hydrogen (secondary N) is 2. The average Bonchev–Trinajstić information content (AvgIpc) is 2.96. The summed E-state index contributed by atoms with van der Waals surface area (Å²) < 4.78 is 0. The van der Waals surface area contributed by atoms with Crippen LogP contribution in [0.3, 0.4) is 0 Å². The molecule has 0 bridgehead atoms. The van der Waals surface area contributed by atoms with Crippen molar-refractivity contribution in [2.24, 2.45) is 0 Å². The van der Waals surface area contributed by atoms with Crippen LogP contribution in [0.25, 0.3) is 0 Å². The van der Waals surface area contributed by atoms with Gasteiger partial charge < -0.3 is 25.5 Å². The van der Waals surface area contributed by atoms with Crippen molar-refractivity contribution in [3.05, 3.63) is 102 Å². The van der Waals surface area contributed by atoms with Gasteiger partial charge in [-0.25, -0.2) is 0 Å². The highest BCUT2D eigenvalue weighted by molar-refractivity contribution is 5.94. The largest absolute Gasteiger partial charge is 0.390 e. The van der Waals surface area contributed by atoms with Crippen LogP contribution in [-0.2, 0) is 16.8 Å². The Morgan fingerprint density at radius 1 is 0.872 bits per heavy atom. The summed E-state index contributed by atoms with van der Waals surface area (Å²) in [5.41, 5.74) is 3.41. The van der Waals surface area contributed by atoms with Crippen LogP contribution >= 0.6 is 0 Å². The number of carbonyl (C=O) groups excluding carboxylic acids is 2. The molecule has 4 rings (SSSR count). The van der Waals surface area contributed by atoms with Crippen LogP contribution in [0.5, 0.6) is 0 Å². The van der Waals surface area contributed by atoms with E-state index in [0.29, 0.717) is 31.6 Å². The van der Waals surface area contributed by atoms with Gasteiger partial charge in [-0.3, -0.25) is 9.59 Å². The van der Waals surface area contributed by atoms with Crippen LogP contribution in [-0.4, -0.2) is 66.7 Å². The Hall–Kier alpha value is -3.68. The van der Waals surface area contributed by atoms with Crippen molar-refractivity contribution in [2.75, 3.05) is 37.6 Å². The standard InChI is InChI=1S/C32H40N4O3/c1-24(37)35-18-20-36(21-19-35)28-16-14-26(15-17-28)31(39)34-29(22-25-10-6-4-7-11-25)30(38)23-33-32(2,3)27-12-8-5-9-13-27/h4-17,29-30,33,38H,18-23H2,1-3H3,(H,34,39)/t29-,30+/m0/s1. The molecule has 1 fully saturated rings. The van der Waals surface area contributed by atoms with Gasteiger partial charge >= 0.3 is 0 Å². The molecule has 0 spiro atoms. The molecular weight excluding hydrogens is 488 g/mol. The third kappa shape index (κ3) is 7.68. The van der Waals surface area contributed by atoms with Crippen LogP contribution < -0.4 is 15.5 Å². The molecule has 3 aromatic carbocycles. The minimum Gasteiger partial charge on any atom is -0.390 e. The molecular formula is C32H40N4O3. The molecule has 7 nitrogen and oxygen atoms in total. The van der Waals surface area contributed by atoms with Crippen molar-refractivity contribution in [1.82, 2.24) is 15.5 Å². The van der Waals surface area contributed by atoms with Gasteiger partial charge in [0.2, 0.25) is 5.91 Å². The first-order chi connectivity index (χ1) is 18.7.